The lowest BCUT2D eigenvalue weighted by Crippen LogP contribution is -2.41. The lowest BCUT2D eigenvalue weighted by Gasteiger charge is -2.24. The van der Waals surface area contributed by atoms with Crippen LogP contribution in [0.4, 0.5) is 4.79 Å². The van der Waals surface area contributed by atoms with Crippen LogP contribution in [0.5, 0.6) is 11.5 Å². The highest BCUT2D eigenvalue weighted by atomic mass is 16.7. The van der Waals surface area contributed by atoms with Crippen molar-refractivity contribution >= 4 is 18.7 Å². The second kappa shape index (κ2) is 14.3. The van der Waals surface area contributed by atoms with Crippen molar-refractivity contribution in [2.24, 2.45) is 0 Å². The molecule has 0 heterocycles. The van der Waals surface area contributed by atoms with E-state index in [0.29, 0.717) is 24.5 Å². The van der Waals surface area contributed by atoms with E-state index in [-0.39, 0.29) is 31.2 Å². The molecule has 2 aromatic carbocycles. The van der Waals surface area contributed by atoms with Crippen LogP contribution in [0.2, 0.25) is 0 Å². The highest BCUT2D eigenvalue weighted by molar-refractivity contribution is 6.60. The molecule has 2 aromatic rings. The van der Waals surface area contributed by atoms with Gasteiger partial charge in [-0.2, -0.15) is 0 Å². The zero-order valence-electron chi connectivity index (χ0n) is 19.0. The van der Waals surface area contributed by atoms with Crippen molar-refractivity contribution in [3.05, 3.63) is 53.6 Å². The number of carbonyl (C=O) groups is 1. The van der Waals surface area contributed by atoms with Crippen molar-refractivity contribution < 1.29 is 43.3 Å². The second-order valence-electron chi connectivity index (χ2n) is 6.85. The van der Waals surface area contributed by atoms with Crippen LogP contribution in [0.3, 0.4) is 0 Å². The normalized spacial score (nSPS) is 11.5. The smallest absolute Gasteiger partial charge is 0.492 e. The molecule has 1 atom stereocenters. The Hall–Kier alpha value is -2.83. The van der Waals surface area contributed by atoms with E-state index in [1.165, 1.54) is 20.3 Å². The molecule has 0 aliphatic heterocycles. The van der Waals surface area contributed by atoms with Gasteiger partial charge in [0.15, 0.2) is 0 Å². The molecule has 0 unspecified atom stereocenters. The van der Waals surface area contributed by atoms with Gasteiger partial charge in [0.25, 0.3) is 0 Å². The van der Waals surface area contributed by atoms with Gasteiger partial charge in [-0.15, -0.1) is 0 Å². The molecule has 0 aromatic heterocycles. The predicted molar refractivity (Wildman–Crippen MR) is 121 cm³/mol. The molecular formula is C22H30BNO9. The number of hydrogen-bond acceptors (Lipinski definition) is 9. The average molecular weight is 463 g/mol. The molecule has 3 N–H and O–H groups in total. The summed E-state index contributed by atoms with van der Waals surface area (Å²) < 4.78 is 31.7. The molecule has 0 fully saturated rings. The van der Waals surface area contributed by atoms with Crippen LogP contribution in [0.15, 0.2) is 42.5 Å². The first kappa shape index (κ1) is 26.4. The van der Waals surface area contributed by atoms with Gasteiger partial charge >= 0.3 is 13.2 Å². The summed E-state index contributed by atoms with van der Waals surface area (Å²) in [6.45, 7) is 0.700. The van der Waals surface area contributed by atoms with E-state index in [4.69, 9.17) is 28.4 Å². The van der Waals surface area contributed by atoms with Gasteiger partial charge in [0.1, 0.15) is 24.9 Å². The first-order chi connectivity index (χ1) is 16.0. The van der Waals surface area contributed by atoms with Gasteiger partial charge in [-0.05, 0) is 17.2 Å². The van der Waals surface area contributed by atoms with Crippen LogP contribution in [0, 0.1) is 0 Å². The van der Waals surface area contributed by atoms with Crippen LogP contribution >= 0.6 is 0 Å². The minimum atomic E-state index is -1.87. The summed E-state index contributed by atoms with van der Waals surface area (Å²) in [6.07, 6.45) is -0.715. The minimum Gasteiger partial charge on any atom is -0.497 e. The summed E-state index contributed by atoms with van der Waals surface area (Å²) >= 11 is 0. The lowest BCUT2D eigenvalue weighted by molar-refractivity contribution is -0.0709. The summed E-state index contributed by atoms with van der Waals surface area (Å²) in [6, 6.07) is 11.5. The van der Waals surface area contributed by atoms with Crippen molar-refractivity contribution in [1.82, 2.24) is 5.32 Å². The number of methoxy groups -OCH3 is 3. The fourth-order valence-electron chi connectivity index (χ4n) is 3.02. The molecule has 0 saturated heterocycles. The zero-order chi connectivity index (χ0) is 24.1. The Labute approximate surface area is 193 Å². The van der Waals surface area contributed by atoms with Crippen molar-refractivity contribution in [2.45, 2.75) is 12.6 Å². The monoisotopic (exact) mass is 463 g/mol. The Kier molecular flexibility index (Phi) is 11.5. The lowest BCUT2D eigenvalue weighted by atomic mass is 9.74. The number of alkyl carbamates (subject to hydrolysis) is 1. The molecule has 0 aliphatic carbocycles. The SMILES string of the molecule is COCCOCOC[C@@H](NC(=O)OCc1ccccc1)c1cc(OC)cc(OC)c1B(O)O. The van der Waals surface area contributed by atoms with Crippen LogP contribution in [0.1, 0.15) is 17.2 Å². The van der Waals surface area contributed by atoms with Crippen molar-refractivity contribution in [3.8, 4) is 11.5 Å². The second-order valence-corrected chi connectivity index (χ2v) is 6.85. The maximum absolute atomic E-state index is 12.5. The number of carbonyl (C=O) groups excluding carboxylic acids is 1. The third-order valence-corrected chi connectivity index (χ3v) is 4.62. The van der Waals surface area contributed by atoms with Gasteiger partial charge in [-0.1, -0.05) is 30.3 Å². The van der Waals surface area contributed by atoms with E-state index < -0.39 is 19.3 Å². The third-order valence-electron chi connectivity index (χ3n) is 4.62. The van der Waals surface area contributed by atoms with Gasteiger partial charge < -0.3 is 43.8 Å². The maximum Gasteiger partial charge on any atom is 0.492 e. The standard InChI is InChI=1S/C22H30BNO9/c1-28-9-10-31-15-32-14-19(24-22(25)33-13-16-7-5-4-6-8-16)18-11-17(29-2)12-20(30-3)21(18)23(26)27/h4-8,11-12,19,26-27H,9-10,13-15H2,1-3H3,(H,24,25)/t19-/m1/s1. The first-order valence-corrected chi connectivity index (χ1v) is 10.2. The van der Waals surface area contributed by atoms with Crippen LogP contribution < -0.4 is 20.3 Å². The van der Waals surface area contributed by atoms with E-state index in [1.54, 1.807) is 13.2 Å². The fourth-order valence-corrected chi connectivity index (χ4v) is 3.02. The van der Waals surface area contributed by atoms with Gasteiger partial charge in [-0.3, -0.25) is 0 Å². The van der Waals surface area contributed by atoms with Gasteiger partial charge in [0, 0.05) is 18.6 Å². The largest absolute Gasteiger partial charge is 0.497 e. The number of ether oxygens (including phenoxy) is 6. The summed E-state index contributed by atoms with van der Waals surface area (Å²) in [4.78, 5) is 12.5. The number of hydrogen-bond donors (Lipinski definition) is 3. The number of benzene rings is 2. The van der Waals surface area contributed by atoms with Crippen LogP contribution in [-0.2, 0) is 25.6 Å². The molecule has 1 amide bonds. The number of rotatable bonds is 14. The highest BCUT2D eigenvalue weighted by Gasteiger charge is 2.29. The zero-order valence-corrected chi connectivity index (χ0v) is 19.0. The third kappa shape index (κ3) is 8.56. The molecule has 0 aliphatic rings. The quantitative estimate of drug-likeness (QED) is 0.214. The Morgan fingerprint density at radius 1 is 1.03 bits per heavy atom. The summed E-state index contributed by atoms with van der Waals surface area (Å²) in [7, 11) is 2.54. The van der Waals surface area contributed by atoms with Gasteiger partial charge in [0.05, 0.1) is 40.1 Å². The molecule has 0 bridgehead atoms. The summed E-state index contributed by atoms with van der Waals surface area (Å²) in [5, 5.41) is 22.7. The molecular weight excluding hydrogens is 433 g/mol. The molecule has 33 heavy (non-hydrogen) atoms. The predicted octanol–water partition coefficient (Wildman–Crippen LogP) is 0.988. The van der Waals surface area contributed by atoms with E-state index in [9.17, 15) is 14.8 Å². The van der Waals surface area contributed by atoms with E-state index in [2.05, 4.69) is 5.32 Å². The van der Waals surface area contributed by atoms with E-state index >= 15 is 0 Å². The van der Waals surface area contributed by atoms with Crippen molar-refractivity contribution in [3.63, 3.8) is 0 Å². The fraction of sp³-hybridized carbons (Fsp3) is 0.409. The highest BCUT2D eigenvalue weighted by Crippen LogP contribution is 2.25. The first-order valence-electron chi connectivity index (χ1n) is 10.2. The van der Waals surface area contributed by atoms with Gasteiger partial charge in [-0.25, -0.2) is 4.79 Å². The van der Waals surface area contributed by atoms with E-state index in [1.807, 2.05) is 30.3 Å². The van der Waals surface area contributed by atoms with Crippen LogP contribution in [-0.4, -0.2) is 71.2 Å². The van der Waals surface area contributed by atoms with Crippen molar-refractivity contribution in [2.75, 3.05) is 47.9 Å². The molecule has 0 radical (unpaired) electrons. The Morgan fingerprint density at radius 2 is 1.79 bits per heavy atom. The summed E-state index contributed by atoms with van der Waals surface area (Å²) in [5.41, 5.74) is 1.21. The van der Waals surface area contributed by atoms with Crippen LogP contribution in [0.25, 0.3) is 0 Å². The Bertz CT molecular complexity index is 851. The number of amides is 1. The molecule has 11 heteroatoms. The maximum atomic E-state index is 12.5. The number of nitrogens with one attached hydrogen (secondary N) is 1. The molecule has 180 valence electrons. The Morgan fingerprint density at radius 3 is 2.42 bits per heavy atom. The Balaban J connectivity index is 2.21. The summed E-state index contributed by atoms with van der Waals surface area (Å²) in [5.74, 6) is 0.576. The molecule has 0 saturated carbocycles. The average Bonchev–Trinajstić information content (AvgIpc) is 2.83. The van der Waals surface area contributed by atoms with Crippen molar-refractivity contribution in [1.29, 1.82) is 0 Å². The topological polar surface area (TPSA) is 125 Å². The minimum absolute atomic E-state index is 0.0521. The molecule has 0 spiro atoms. The molecule has 10 nitrogen and oxygen atoms in total. The van der Waals surface area contributed by atoms with Gasteiger partial charge in [0.2, 0.25) is 0 Å². The molecule has 2 rings (SSSR count). The van der Waals surface area contributed by atoms with E-state index in [0.717, 1.165) is 5.56 Å².